The standard InChI is InChI=1S/C45H33NO/c1-46-41-28-16-15-27-40(41)45(38-25-13-11-23-35(38)36-24-12-14-26-39(36)45)44(46)30-34(31-17-5-2-6-18-31)29-37(32-19-7-3-8-20-32)42(44)43(47)33-21-9-4-10-22-33/h2-30,42H,1H3/t42-,44-/m1/s1. The molecule has 3 aliphatic rings. The van der Waals surface area contributed by atoms with Gasteiger partial charge in [0.25, 0.3) is 0 Å². The number of hydrogen-bond acceptors (Lipinski definition) is 2. The highest BCUT2D eigenvalue weighted by atomic mass is 16.1. The molecule has 2 aliphatic carbocycles. The van der Waals surface area contributed by atoms with Crippen LogP contribution in [0.3, 0.4) is 0 Å². The van der Waals surface area contributed by atoms with Crippen molar-refractivity contribution in [1.82, 2.24) is 0 Å². The van der Waals surface area contributed by atoms with Gasteiger partial charge in [0, 0.05) is 18.3 Å². The molecule has 0 bridgehead atoms. The first-order valence-corrected chi connectivity index (χ1v) is 16.3. The molecular weight excluding hydrogens is 571 g/mol. The molecule has 2 spiro atoms. The van der Waals surface area contributed by atoms with E-state index < -0.39 is 16.9 Å². The maximum atomic E-state index is 15.6. The number of anilines is 1. The van der Waals surface area contributed by atoms with Crippen LogP contribution in [0.4, 0.5) is 5.69 Å². The van der Waals surface area contributed by atoms with Gasteiger partial charge in [-0.3, -0.25) is 4.79 Å². The van der Waals surface area contributed by atoms with Crippen molar-refractivity contribution in [2.45, 2.75) is 11.0 Å². The zero-order valence-electron chi connectivity index (χ0n) is 26.2. The summed E-state index contributed by atoms with van der Waals surface area (Å²) in [6, 6.07) is 57.5. The molecule has 6 aromatic rings. The molecule has 2 nitrogen and oxygen atoms in total. The number of para-hydroxylation sites is 1. The Kier molecular flexibility index (Phi) is 6.10. The second-order valence-electron chi connectivity index (χ2n) is 12.8. The molecule has 224 valence electrons. The largest absolute Gasteiger partial charge is 0.362 e. The third-order valence-corrected chi connectivity index (χ3v) is 10.7. The molecule has 9 rings (SSSR count). The van der Waals surface area contributed by atoms with Crippen LogP contribution in [-0.2, 0) is 5.41 Å². The lowest BCUT2D eigenvalue weighted by atomic mass is 9.52. The van der Waals surface area contributed by atoms with Gasteiger partial charge in [-0.2, -0.15) is 0 Å². The Morgan fingerprint density at radius 2 is 1.04 bits per heavy atom. The van der Waals surface area contributed by atoms with Crippen LogP contribution in [0, 0.1) is 5.92 Å². The van der Waals surface area contributed by atoms with Crippen molar-refractivity contribution in [3.8, 4) is 11.1 Å². The van der Waals surface area contributed by atoms with Crippen LogP contribution < -0.4 is 4.90 Å². The summed E-state index contributed by atoms with van der Waals surface area (Å²) in [4.78, 5) is 18.0. The van der Waals surface area contributed by atoms with E-state index in [-0.39, 0.29) is 5.78 Å². The van der Waals surface area contributed by atoms with Gasteiger partial charge >= 0.3 is 0 Å². The van der Waals surface area contributed by atoms with Crippen LogP contribution in [0.2, 0.25) is 0 Å². The molecule has 0 saturated carbocycles. The Morgan fingerprint density at radius 3 is 1.66 bits per heavy atom. The maximum absolute atomic E-state index is 15.6. The molecule has 2 heteroatoms. The SMILES string of the molecule is CN1c2ccccc2C2(c3ccccc3-c3ccccc32)[C@]12C=C(c1ccccc1)C=C(c1ccccc1)[C@@H]2C(=O)c1ccccc1. The number of carbonyl (C=O) groups excluding carboxylic acids is 1. The quantitative estimate of drug-likeness (QED) is 0.187. The van der Waals surface area contributed by atoms with Gasteiger partial charge in [0.1, 0.15) is 0 Å². The highest BCUT2D eigenvalue weighted by Crippen LogP contribution is 2.69. The van der Waals surface area contributed by atoms with Crippen LogP contribution >= 0.6 is 0 Å². The second kappa shape index (κ2) is 10.4. The Bertz CT molecular complexity index is 2190. The van der Waals surface area contributed by atoms with Gasteiger partial charge in [-0.15, -0.1) is 0 Å². The van der Waals surface area contributed by atoms with Gasteiger partial charge < -0.3 is 4.90 Å². The fraction of sp³-hybridized carbons (Fsp3) is 0.0889. The predicted octanol–water partition coefficient (Wildman–Crippen LogP) is 9.87. The number of Topliss-reactive ketones (excluding diaryl/α,β-unsaturated/α-hetero) is 1. The zero-order valence-corrected chi connectivity index (χ0v) is 26.2. The molecule has 2 atom stereocenters. The van der Waals surface area contributed by atoms with Crippen molar-refractivity contribution in [3.05, 3.63) is 209 Å². The van der Waals surface area contributed by atoms with Crippen LogP contribution in [0.1, 0.15) is 38.2 Å². The molecule has 0 N–H and O–H groups in total. The number of rotatable bonds is 4. The predicted molar refractivity (Wildman–Crippen MR) is 192 cm³/mol. The normalized spacial score (nSPS) is 19.9. The number of ketones is 1. The van der Waals surface area contributed by atoms with E-state index in [1.165, 1.54) is 27.8 Å². The Balaban J connectivity index is 1.49. The summed E-state index contributed by atoms with van der Waals surface area (Å²) in [7, 11) is 2.20. The van der Waals surface area contributed by atoms with Gasteiger partial charge in [-0.1, -0.05) is 158 Å². The summed E-state index contributed by atoms with van der Waals surface area (Å²) < 4.78 is 0. The monoisotopic (exact) mass is 603 g/mol. The number of benzene rings is 6. The molecule has 0 amide bonds. The second-order valence-corrected chi connectivity index (χ2v) is 12.8. The molecule has 47 heavy (non-hydrogen) atoms. The Morgan fingerprint density at radius 1 is 0.553 bits per heavy atom. The summed E-state index contributed by atoms with van der Waals surface area (Å²) in [5.74, 6) is -0.429. The zero-order chi connectivity index (χ0) is 31.6. The van der Waals surface area contributed by atoms with Crippen molar-refractivity contribution in [2.24, 2.45) is 5.92 Å². The maximum Gasteiger partial charge on any atom is 0.173 e. The Labute approximate surface area is 276 Å². The van der Waals surface area contributed by atoms with E-state index in [1.807, 2.05) is 36.4 Å². The molecule has 0 radical (unpaired) electrons. The first kappa shape index (κ1) is 27.6. The van der Waals surface area contributed by atoms with E-state index in [0.717, 1.165) is 28.0 Å². The summed E-state index contributed by atoms with van der Waals surface area (Å²) in [6.45, 7) is 0. The molecule has 0 unspecified atom stereocenters. The molecule has 1 aliphatic heterocycles. The van der Waals surface area contributed by atoms with E-state index in [4.69, 9.17) is 0 Å². The average molecular weight is 604 g/mol. The minimum Gasteiger partial charge on any atom is -0.362 e. The van der Waals surface area contributed by atoms with Crippen LogP contribution in [-0.4, -0.2) is 18.4 Å². The van der Waals surface area contributed by atoms with E-state index >= 15 is 4.79 Å². The fourth-order valence-electron chi connectivity index (χ4n) is 8.96. The van der Waals surface area contributed by atoms with Gasteiger partial charge in [0.05, 0.1) is 16.9 Å². The van der Waals surface area contributed by atoms with Crippen LogP contribution in [0.25, 0.3) is 22.3 Å². The first-order chi connectivity index (χ1) is 23.2. The average Bonchev–Trinajstić information content (AvgIpc) is 3.56. The van der Waals surface area contributed by atoms with Gasteiger partial charge in [0.15, 0.2) is 5.78 Å². The van der Waals surface area contributed by atoms with Gasteiger partial charge in [-0.05, 0) is 68.3 Å². The van der Waals surface area contributed by atoms with Crippen molar-refractivity contribution in [1.29, 1.82) is 0 Å². The lowest BCUT2D eigenvalue weighted by molar-refractivity contribution is 0.0898. The minimum absolute atomic E-state index is 0.116. The third kappa shape index (κ3) is 3.64. The van der Waals surface area contributed by atoms with Gasteiger partial charge in [0.2, 0.25) is 0 Å². The lowest BCUT2D eigenvalue weighted by Crippen LogP contribution is -2.63. The molecule has 0 fully saturated rings. The molecule has 1 heterocycles. The number of likely N-dealkylation sites (N-methyl/N-ethyl adjacent to an activating group) is 1. The molecule has 6 aromatic carbocycles. The molecular formula is C45H33NO. The summed E-state index contributed by atoms with van der Waals surface area (Å²) in [6.07, 6.45) is 4.72. The van der Waals surface area contributed by atoms with E-state index in [0.29, 0.717) is 5.56 Å². The highest BCUT2D eigenvalue weighted by molar-refractivity contribution is 6.11. The summed E-state index contributed by atoms with van der Waals surface area (Å²) in [5, 5.41) is 0. The molecule has 0 saturated heterocycles. The van der Waals surface area contributed by atoms with Crippen molar-refractivity contribution >= 4 is 22.6 Å². The van der Waals surface area contributed by atoms with Crippen molar-refractivity contribution in [2.75, 3.05) is 11.9 Å². The third-order valence-electron chi connectivity index (χ3n) is 10.7. The Hall–Kier alpha value is -5.73. The van der Waals surface area contributed by atoms with Crippen LogP contribution in [0.5, 0.6) is 0 Å². The minimum atomic E-state index is -0.850. The number of carbonyl (C=O) groups is 1. The first-order valence-electron chi connectivity index (χ1n) is 16.3. The smallest absolute Gasteiger partial charge is 0.173 e. The van der Waals surface area contributed by atoms with E-state index in [9.17, 15) is 0 Å². The van der Waals surface area contributed by atoms with E-state index in [2.05, 4.69) is 151 Å². The highest BCUT2D eigenvalue weighted by Gasteiger charge is 2.69. The van der Waals surface area contributed by atoms with E-state index in [1.54, 1.807) is 0 Å². The number of nitrogens with zero attached hydrogens (tertiary/aromatic N) is 1. The number of hydrogen-bond donors (Lipinski definition) is 0. The molecule has 0 aromatic heterocycles. The van der Waals surface area contributed by atoms with Crippen molar-refractivity contribution < 1.29 is 4.79 Å². The lowest BCUT2D eigenvalue weighted by Gasteiger charge is -2.54. The topological polar surface area (TPSA) is 20.3 Å². The summed E-state index contributed by atoms with van der Waals surface area (Å²) >= 11 is 0. The number of allylic oxidation sites excluding steroid dienone is 2. The van der Waals surface area contributed by atoms with Crippen molar-refractivity contribution in [3.63, 3.8) is 0 Å². The number of fused-ring (bicyclic) bond motifs is 8. The fourth-order valence-corrected chi connectivity index (χ4v) is 8.96. The van der Waals surface area contributed by atoms with Gasteiger partial charge in [-0.25, -0.2) is 0 Å². The van der Waals surface area contributed by atoms with Crippen LogP contribution in [0.15, 0.2) is 176 Å². The summed E-state index contributed by atoms with van der Waals surface area (Å²) in [5.41, 5.74) is 10.8.